The van der Waals surface area contributed by atoms with Crippen molar-refractivity contribution in [3.63, 3.8) is 0 Å². The highest BCUT2D eigenvalue weighted by Crippen LogP contribution is 2.21. The fraction of sp³-hybridized carbons (Fsp3) is 0.529. The number of amides is 3. The number of nitrogens with zero attached hydrogens (tertiary/aromatic N) is 2. The van der Waals surface area contributed by atoms with Crippen molar-refractivity contribution in [2.24, 2.45) is 5.92 Å². The topological polar surface area (TPSA) is 52.7 Å². The maximum atomic E-state index is 12.9. The van der Waals surface area contributed by atoms with E-state index in [-0.39, 0.29) is 23.7 Å². The smallest absolute Gasteiger partial charge is 0.319 e. The highest BCUT2D eigenvalue weighted by Gasteiger charge is 2.30. The molecule has 0 aromatic heterocycles. The van der Waals surface area contributed by atoms with Gasteiger partial charge in [0.1, 0.15) is 5.82 Å². The molecule has 2 aliphatic rings. The van der Waals surface area contributed by atoms with Gasteiger partial charge in [-0.2, -0.15) is 0 Å². The van der Waals surface area contributed by atoms with E-state index in [1.807, 2.05) is 9.80 Å². The van der Waals surface area contributed by atoms with Crippen molar-refractivity contribution in [3.8, 4) is 0 Å². The Hall–Kier alpha value is -2.11. The minimum atomic E-state index is -0.322. The van der Waals surface area contributed by atoms with Crippen molar-refractivity contribution in [2.45, 2.75) is 25.7 Å². The van der Waals surface area contributed by atoms with Gasteiger partial charge in [0.05, 0.1) is 0 Å². The predicted molar refractivity (Wildman–Crippen MR) is 85.5 cm³/mol. The van der Waals surface area contributed by atoms with Crippen molar-refractivity contribution in [3.05, 3.63) is 30.1 Å². The molecule has 1 N–H and O–H groups in total. The quantitative estimate of drug-likeness (QED) is 0.911. The second-order valence-corrected chi connectivity index (χ2v) is 6.23. The van der Waals surface area contributed by atoms with Crippen LogP contribution in [-0.4, -0.2) is 47.9 Å². The van der Waals surface area contributed by atoms with Gasteiger partial charge in [0.15, 0.2) is 0 Å². The molecule has 1 aromatic carbocycles. The summed E-state index contributed by atoms with van der Waals surface area (Å²) in [5.41, 5.74) is 0.604. The number of urea groups is 1. The fourth-order valence-electron chi connectivity index (χ4n) is 3.22. The van der Waals surface area contributed by atoms with Crippen LogP contribution in [0.1, 0.15) is 25.7 Å². The number of piperidine rings is 1. The molecule has 5 nitrogen and oxygen atoms in total. The Morgan fingerprint density at radius 1 is 0.957 bits per heavy atom. The highest BCUT2D eigenvalue weighted by atomic mass is 19.1. The molecule has 0 atom stereocenters. The highest BCUT2D eigenvalue weighted by molar-refractivity contribution is 5.92. The molecule has 6 heteroatoms. The average Bonchev–Trinajstić information content (AvgIpc) is 3.11. The predicted octanol–water partition coefficient (Wildman–Crippen LogP) is 2.69. The molecule has 2 saturated heterocycles. The summed E-state index contributed by atoms with van der Waals surface area (Å²) in [4.78, 5) is 28.3. The molecule has 23 heavy (non-hydrogen) atoms. The van der Waals surface area contributed by atoms with E-state index < -0.39 is 0 Å². The monoisotopic (exact) mass is 319 g/mol. The third-order valence-electron chi connectivity index (χ3n) is 4.62. The maximum absolute atomic E-state index is 12.9. The second-order valence-electron chi connectivity index (χ2n) is 6.23. The SMILES string of the molecule is O=C(Nc1ccc(F)cc1)C1CCN(C(=O)N2CCCC2)CC1. The summed E-state index contributed by atoms with van der Waals surface area (Å²) in [5, 5.41) is 2.82. The normalized spacial score (nSPS) is 19.0. The molecule has 2 heterocycles. The number of hydrogen-bond acceptors (Lipinski definition) is 2. The van der Waals surface area contributed by atoms with Crippen LogP contribution in [0.25, 0.3) is 0 Å². The van der Waals surface area contributed by atoms with Gasteiger partial charge in [-0.05, 0) is 49.9 Å². The molecule has 0 saturated carbocycles. The first-order valence-corrected chi connectivity index (χ1v) is 8.24. The molecule has 0 spiro atoms. The van der Waals surface area contributed by atoms with Gasteiger partial charge in [0, 0.05) is 37.8 Å². The standard InChI is InChI=1S/C17H22FN3O2/c18-14-3-5-15(6-4-14)19-16(22)13-7-11-21(12-8-13)17(23)20-9-1-2-10-20/h3-6,13H,1-2,7-12H2,(H,19,22). The summed E-state index contributed by atoms with van der Waals surface area (Å²) in [6.45, 7) is 2.95. The van der Waals surface area contributed by atoms with E-state index in [9.17, 15) is 14.0 Å². The zero-order valence-corrected chi connectivity index (χ0v) is 13.1. The van der Waals surface area contributed by atoms with Gasteiger partial charge in [0.25, 0.3) is 0 Å². The lowest BCUT2D eigenvalue weighted by atomic mass is 9.96. The van der Waals surface area contributed by atoms with Gasteiger partial charge in [-0.3, -0.25) is 4.79 Å². The zero-order chi connectivity index (χ0) is 16.2. The van der Waals surface area contributed by atoms with Gasteiger partial charge < -0.3 is 15.1 Å². The van der Waals surface area contributed by atoms with Crippen LogP contribution in [0.15, 0.2) is 24.3 Å². The largest absolute Gasteiger partial charge is 0.326 e. The number of carbonyl (C=O) groups excluding carboxylic acids is 2. The van der Waals surface area contributed by atoms with Crippen molar-refractivity contribution < 1.29 is 14.0 Å². The number of nitrogens with one attached hydrogen (secondary N) is 1. The molecule has 0 radical (unpaired) electrons. The molecule has 3 rings (SSSR count). The Morgan fingerprint density at radius 3 is 2.13 bits per heavy atom. The van der Waals surface area contributed by atoms with E-state index >= 15 is 0 Å². The minimum Gasteiger partial charge on any atom is -0.326 e. The Kier molecular flexibility index (Phi) is 4.79. The number of anilines is 1. The van der Waals surface area contributed by atoms with Crippen molar-refractivity contribution in [1.29, 1.82) is 0 Å². The van der Waals surface area contributed by atoms with Gasteiger partial charge in [-0.25, -0.2) is 9.18 Å². The lowest BCUT2D eigenvalue weighted by molar-refractivity contribution is -0.121. The third-order valence-corrected chi connectivity index (χ3v) is 4.62. The van der Waals surface area contributed by atoms with Crippen LogP contribution in [0, 0.1) is 11.7 Å². The Bertz CT molecular complexity index is 562. The summed E-state index contributed by atoms with van der Waals surface area (Å²) < 4.78 is 12.9. The minimum absolute atomic E-state index is 0.0510. The van der Waals surface area contributed by atoms with E-state index in [1.54, 1.807) is 12.1 Å². The van der Waals surface area contributed by atoms with E-state index in [4.69, 9.17) is 0 Å². The van der Waals surface area contributed by atoms with Crippen molar-refractivity contribution >= 4 is 17.6 Å². The van der Waals surface area contributed by atoms with E-state index in [2.05, 4.69) is 5.32 Å². The lowest BCUT2D eigenvalue weighted by Gasteiger charge is -2.34. The van der Waals surface area contributed by atoms with Crippen molar-refractivity contribution in [1.82, 2.24) is 9.80 Å². The van der Waals surface area contributed by atoms with Gasteiger partial charge in [0.2, 0.25) is 5.91 Å². The van der Waals surface area contributed by atoms with Gasteiger partial charge in [-0.15, -0.1) is 0 Å². The van der Waals surface area contributed by atoms with Crippen molar-refractivity contribution in [2.75, 3.05) is 31.5 Å². The van der Waals surface area contributed by atoms with Crippen LogP contribution < -0.4 is 5.32 Å². The molecular formula is C17H22FN3O2. The average molecular weight is 319 g/mol. The molecular weight excluding hydrogens is 297 g/mol. The van der Waals surface area contributed by atoms with Gasteiger partial charge in [-0.1, -0.05) is 0 Å². The first-order chi connectivity index (χ1) is 11.1. The molecule has 2 fully saturated rings. The molecule has 3 amide bonds. The van der Waals surface area contributed by atoms with E-state index in [0.717, 1.165) is 25.9 Å². The summed E-state index contributed by atoms with van der Waals surface area (Å²) >= 11 is 0. The third kappa shape index (κ3) is 3.81. The second kappa shape index (κ2) is 6.98. The number of benzene rings is 1. The number of likely N-dealkylation sites (tertiary alicyclic amines) is 2. The molecule has 124 valence electrons. The number of rotatable bonds is 2. The summed E-state index contributed by atoms with van der Waals surface area (Å²) in [7, 11) is 0. The van der Waals surface area contributed by atoms with Crippen LogP contribution >= 0.6 is 0 Å². The number of halogens is 1. The molecule has 0 aliphatic carbocycles. The fourth-order valence-corrected chi connectivity index (χ4v) is 3.22. The molecule has 1 aromatic rings. The summed E-state index contributed by atoms with van der Waals surface area (Å²) in [6, 6.07) is 5.87. The van der Waals surface area contributed by atoms with Crippen LogP contribution in [-0.2, 0) is 4.79 Å². The number of hydrogen-bond donors (Lipinski definition) is 1. The van der Waals surface area contributed by atoms with Crippen LogP contribution in [0.5, 0.6) is 0 Å². The molecule has 2 aliphatic heterocycles. The molecule has 0 bridgehead atoms. The Balaban J connectivity index is 1.49. The summed E-state index contributed by atoms with van der Waals surface area (Å²) in [5.74, 6) is -0.468. The number of carbonyl (C=O) groups is 2. The van der Waals surface area contributed by atoms with Gasteiger partial charge >= 0.3 is 6.03 Å². The van der Waals surface area contributed by atoms with E-state index in [0.29, 0.717) is 31.6 Å². The summed E-state index contributed by atoms with van der Waals surface area (Å²) in [6.07, 6.45) is 3.52. The van der Waals surface area contributed by atoms with Crippen LogP contribution in [0.2, 0.25) is 0 Å². The van der Waals surface area contributed by atoms with E-state index in [1.165, 1.54) is 12.1 Å². The van der Waals surface area contributed by atoms with Crippen LogP contribution in [0.4, 0.5) is 14.9 Å². The first-order valence-electron chi connectivity index (χ1n) is 8.24. The zero-order valence-electron chi connectivity index (χ0n) is 13.1. The molecule has 0 unspecified atom stereocenters. The lowest BCUT2D eigenvalue weighted by Crippen LogP contribution is -2.47. The maximum Gasteiger partial charge on any atom is 0.319 e. The first kappa shape index (κ1) is 15.8. The van der Waals surface area contributed by atoms with Crippen LogP contribution in [0.3, 0.4) is 0 Å². The Morgan fingerprint density at radius 2 is 1.52 bits per heavy atom. The Labute approximate surface area is 135 Å².